The minimum atomic E-state index is -1.91. The van der Waals surface area contributed by atoms with E-state index in [-0.39, 0.29) is 25.9 Å². The number of carboxylic acid groups (broad SMARTS) is 1. The van der Waals surface area contributed by atoms with Gasteiger partial charge in [0.15, 0.2) is 24.6 Å². The second kappa shape index (κ2) is 49.3. The van der Waals surface area contributed by atoms with Gasteiger partial charge in [0.05, 0.1) is 6.61 Å². The minimum absolute atomic E-state index is 0.0431. The van der Waals surface area contributed by atoms with Crippen molar-refractivity contribution in [3.05, 3.63) is 60.8 Å². The van der Waals surface area contributed by atoms with E-state index in [9.17, 15) is 34.5 Å². The Morgan fingerprint density at radius 1 is 0.466 bits per heavy atom. The molecule has 0 aromatic heterocycles. The van der Waals surface area contributed by atoms with Crippen LogP contribution in [0.1, 0.15) is 252 Å². The molecule has 1 fully saturated rings. The molecule has 0 aromatic carbocycles. The Bertz CT molecular complexity index is 1500. The highest BCUT2D eigenvalue weighted by atomic mass is 16.7. The maximum atomic E-state index is 13.1. The summed E-state index contributed by atoms with van der Waals surface area (Å²) in [6.07, 6.45) is 47.6. The van der Waals surface area contributed by atoms with Crippen LogP contribution >= 0.6 is 0 Å². The molecule has 0 bridgehead atoms. The topological polar surface area (TPSA) is 175 Å². The Hall–Kier alpha value is -3.58. The van der Waals surface area contributed by atoms with Crippen molar-refractivity contribution < 1.29 is 58.2 Å². The molecule has 6 unspecified atom stereocenters. The van der Waals surface area contributed by atoms with Gasteiger partial charge in [-0.2, -0.15) is 0 Å². The third-order valence-electron chi connectivity index (χ3n) is 13.1. The second-order valence-electron chi connectivity index (χ2n) is 19.9. The molecule has 3 N–H and O–H groups in total. The molecule has 12 nitrogen and oxygen atoms in total. The van der Waals surface area contributed by atoms with Gasteiger partial charge in [0, 0.05) is 19.3 Å². The van der Waals surface area contributed by atoms with Crippen LogP contribution in [0.5, 0.6) is 0 Å². The van der Waals surface area contributed by atoms with Crippen LogP contribution in [0.4, 0.5) is 0 Å². The highest BCUT2D eigenvalue weighted by Crippen LogP contribution is 2.26. The average Bonchev–Trinajstić information content (AvgIpc) is 3.37. The van der Waals surface area contributed by atoms with Crippen LogP contribution in [0.25, 0.3) is 0 Å². The number of aliphatic hydroxyl groups excluding tert-OH is 2. The van der Waals surface area contributed by atoms with Crippen LogP contribution in [0.15, 0.2) is 60.8 Å². The Balaban J connectivity index is 2.71. The second-order valence-corrected chi connectivity index (χ2v) is 19.9. The fraction of sp³-hybridized carbons (Fsp3) is 0.770. The molecule has 12 heteroatoms. The summed E-state index contributed by atoms with van der Waals surface area (Å²) in [6.45, 7) is 5.84. The number of carbonyl (C=O) groups is 4. The van der Waals surface area contributed by atoms with Crippen molar-refractivity contribution in [2.45, 2.75) is 289 Å². The van der Waals surface area contributed by atoms with Gasteiger partial charge in [0.1, 0.15) is 18.8 Å². The number of unbranched alkanes of at least 4 members (excludes halogenated alkanes) is 25. The summed E-state index contributed by atoms with van der Waals surface area (Å²) in [6, 6.07) is 0. The smallest absolute Gasteiger partial charge is 0.335 e. The fourth-order valence-corrected chi connectivity index (χ4v) is 8.59. The number of hydrogen-bond acceptors (Lipinski definition) is 11. The standard InChI is InChI=1S/C61H104O12/c1-4-7-10-13-16-19-22-25-27-30-32-35-38-41-44-47-53(62)69-50-52(71-54(63)48-45-42-39-36-33-29-24-21-18-15-12-9-6-3)51-70-61-59(57(66)56(65)58(73-61)60(67)68)72-55(64)49-46-43-40-37-34-31-28-26-23-20-17-14-11-8-5-2/h7,10,16-17,19-20,25-28,52,56-59,61,65-66H,4-6,8-9,11-15,18,21-24,29-51H2,1-3H3,(H,67,68)/b10-7-,19-16-,20-17-,27-25-,28-26-. The molecule has 1 saturated heterocycles. The van der Waals surface area contributed by atoms with E-state index in [4.69, 9.17) is 23.7 Å². The van der Waals surface area contributed by atoms with E-state index in [0.29, 0.717) is 19.3 Å². The third kappa shape index (κ3) is 39.5. The number of carbonyl (C=O) groups excluding carboxylic acids is 3. The Kier molecular flexibility index (Phi) is 45.5. The first kappa shape index (κ1) is 67.4. The van der Waals surface area contributed by atoms with Crippen molar-refractivity contribution >= 4 is 23.9 Å². The van der Waals surface area contributed by atoms with E-state index >= 15 is 0 Å². The third-order valence-corrected chi connectivity index (χ3v) is 13.1. The molecule has 0 aliphatic carbocycles. The van der Waals surface area contributed by atoms with Crippen LogP contribution in [0, 0.1) is 0 Å². The van der Waals surface area contributed by atoms with Crippen LogP contribution in [0.2, 0.25) is 0 Å². The van der Waals surface area contributed by atoms with Crippen LogP contribution in [-0.2, 0) is 42.9 Å². The first-order chi connectivity index (χ1) is 35.6. The molecule has 0 spiro atoms. The molecule has 0 amide bonds. The van der Waals surface area contributed by atoms with Gasteiger partial charge in [0.2, 0.25) is 0 Å². The molecule has 0 saturated carbocycles. The van der Waals surface area contributed by atoms with Crippen molar-refractivity contribution in [1.82, 2.24) is 0 Å². The van der Waals surface area contributed by atoms with Gasteiger partial charge in [0.25, 0.3) is 0 Å². The number of aliphatic carboxylic acids is 1. The Morgan fingerprint density at radius 2 is 0.863 bits per heavy atom. The lowest BCUT2D eigenvalue weighted by atomic mass is 9.98. The molecular weight excluding hydrogens is 925 g/mol. The fourth-order valence-electron chi connectivity index (χ4n) is 8.59. The monoisotopic (exact) mass is 1030 g/mol. The summed E-state index contributed by atoms with van der Waals surface area (Å²) in [5, 5.41) is 31.5. The predicted molar refractivity (Wildman–Crippen MR) is 294 cm³/mol. The lowest BCUT2D eigenvalue weighted by Crippen LogP contribution is -2.61. The summed E-state index contributed by atoms with van der Waals surface area (Å²) < 4.78 is 28.4. The molecule has 73 heavy (non-hydrogen) atoms. The number of hydrogen-bond donors (Lipinski definition) is 3. The Labute approximate surface area is 443 Å². The van der Waals surface area contributed by atoms with Crippen molar-refractivity contribution in [2.24, 2.45) is 0 Å². The molecule has 420 valence electrons. The molecule has 1 rings (SSSR count). The maximum absolute atomic E-state index is 13.1. The Morgan fingerprint density at radius 3 is 1.34 bits per heavy atom. The van der Waals surface area contributed by atoms with Gasteiger partial charge in [-0.15, -0.1) is 0 Å². The quantitative estimate of drug-likeness (QED) is 0.0228. The number of ether oxygens (including phenoxy) is 5. The van der Waals surface area contributed by atoms with Crippen LogP contribution in [-0.4, -0.2) is 89.2 Å². The van der Waals surface area contributed by atoms with E-state index in [1.54, 1.807) is 0 Å². The van der Waals surface area contributed by atoms with Crippen molar-refractivity contribution in [3.63, 3.8) is 0 Å². The number of esters is 3. The van der Waals surface area contributed by atoms with Crippen LogP contribution in [0.3, 0.4) is 0 Å². The van der Waals surface area contributed by atoms with Gasteiger partial charge in [-0.3, -0.25) is 14.4 Å². The van der Waals surface area contributed by atoms with Crippen LogP contribution < -0.4 is 0 Å². The number of allylic oxidation sites excluding steroid dienone is 10. The summed E-state index contributed by atoms with van der Waals surface area (Å²) in [4.78, 5) is 51.1. The van der Waals surface area contributed by atoms with Gasteiger partial charge in [-0.25, -0.2) is 4.79 Å². The van der Waals surface area contributed by atoms with Crippen molar-refractivity contribution in [1.29, 1.82) is 0 Å². The highest BCUT2D eigenvalue weighted by Gasteiger charge is 2.50. The highest BCUT2D eigenvalue weighted by molar-refractivity contribution is 5.74. The van der Waals surface area contributed by atoms with E-state index < -0.39 is 67.3 Å². The SMILES string of the molecule is CC/C=C\C/C=C\C/C=C\CCCCCCCC(=O)OCC(COC1OC(C(=O)O)C(O)C(O)C1OC(=O)CCCCCCC/C=C\C/C=C\CCCCC)OC(=O)CCCCCCCCCCCCCCC. The number of aliphatic hydroxyl groups is 2. The summed E-state index contributed by atoms with van der Waals surface area (Å²) in [7, 11) is 0. The van der Waals surface area contributed by atoms with Crippen molar-refractivity contribution in [2.75, 3.05) is 13.2 Å². The lowest BCUT2D eigenvalue weighted by Gasteiger charge is -2.40. The zero-order valence-electron chi connectivity index (χ0n) is 46.1. The first-order valence-corrected chi connectivity index (χ1v) is 29.3. The zero-order chi connectivity index (χ0) is 53.3. The van der Waals surface area contributed by atoms with Gasteiger partial charge in [-0.05, 0) is 83.5 Å². The van der Waals surface area contributed by atoms with Gasteiger partial charge >= 0.3 is 23.9 Å². The normalized spacial score (nSPS) is 18.7. The van der Waals surface area contributed by atoms with Crippen molar-refractivity contribution in [3.8, 4) is 0 Å². The zero-order valence-corrected chi connectivity index (χ0v) is 46.1. The molecule has 0 radical (unpaired) electrons. The average molecular weight is 1030 g/mol. The summed E-state index contributed by atoms with van der Waals surface area (Å²) in [5.74, 6) is -3.15. The lowest BCUT2D eigenvalue weighted by molar-refractivity contribution is -0.301. The van der Waals surface area contributed by atoms with E-state index in [1.807, 2.05) is 0 Å². The minimum Gasteiger partial charge on any atom is -0.479 e. The maximum Gasteiger partial charge on any atom is 0.335 e. The van der Waals surface area contributed by atoms with E-state index in [1.165, 1.54) is 77.0 Å². The number of rotatable bonds is 49. The summed E-state index contributed by atoms with van der Waals surface area (Å²) >= 11 is 0. The summed E-state index contributed by atoms with van der Waals surface area (Å²) in [5.41, 5.74) is 0. The molecule has 6 atom stereocenters. The van der Waals surface area contributed by atoms with E-state index in [0.717, 1.165) is 116 Å². The van der Waals surface area contributed by atoms with Gasteiger partial charge < -0.3 is 39.0 Å². The molecule has 1 aliphatic rings. The first-order valence-electron chi connectivity index (χ1n) is 29.3. The molecule has 1 aliphatic heterocycles. The molecular formula is C61H104O12. The number of carboxylic acids is 1. The van der Waals surface area contributed by atoms with E-state index in [2.05, 4.69) is 81.5 Å². The molecule has 1 heterocycles. The predicted octanol–water partition coefficient (Wildman–Crippen LogP) is 14.8. The molecule has 0 aromatic rings. The largest absolute Gasteiger partial charge is 0.479 e. The van der Waals surface area contributed by atoms with Gasteiger partial charge in [-0.1, -0.05) is 210 Å².